The molecular formula is C26H38O4. The molecule has 0 N–H and O–H groups in total. The third-order valence-corrected chi connectivity index (χ3v) is 5.75. The number of rotatable bonds is 7. The summed E-state index contributed by atoms with van der Waals surface area (Å²) in [6.45, 7) is 16.4. The highest BCUT2D eigenvalue weighted by molar-refractivity contribution is 6.23. The number of allylic oxidation sites excluding steroid dienone is 2. The lowest BCUT2D eigenvalue weighted by atomic mass is 9.79. The van der Waals surface area contributed by atoms with E-state index in [4.69, 9.17) is 9.47 Å². The number of carbonyl (C=O) groups excluding carboxylic acids is 2. The second kappa shape index (κ2) is 9.91. The third-order valence-electron chi connectivity index (χ3n) is 5.75. The Hall–Kier alpha value is -1.94. The summed E-state index contributed by atoms with van der Waals surface area (Å²) in [7, 11) is 0. The van der Waals surface area contributed by atoms with Gasteiger partial charge in [0.1, 0.15) is 5.76 Å². The van der Waals surface area contributed by atoms with Crippen molar-refractivity contribution in [3.63, 3.8) is 0 Å². The van der Waals surface area contributed by atoms with Crippen LogP contribution in [0.4, 0.5) is 0 Å². The molecule has 30 heavy (non-hydrogen) atoms. The van der Waals surface area contributed by atoms with Gasteiger partial charge in [-0.1, -0.05) is 31.0 Å². The minimum atomic E-state index is -0.644. The van der Waals surface area contributed by atoms with E-state index in [0.717, 1.165) is 35.1 Å². The van der Waals surface area contributed by atoms with Crippen LogP contribution in [0.1, 0.15) is 82.6 Å². The SMILES string of the molecule is CCCCOC(C)C1CC(=O)C(c2c(C)cc(C)cc2C)=C(OC(=O)C(C)(C)C)C1. The molecule has 1 aromatic rings. The number of ketones is 1. The molecular weight excluding hydrogens is 376 g/mol. The van der Waals surface area contributed by atoms with Gasteiger partial charge < -0.3 is 9.47 Å². The molecule has 2 unspecified atom stereocenters. The normalized spacial score (nSPS) is 18.5. The Morgan fingerprint density at radius 1 is 1.13 bits per heavy atom. The molecule has 4 heteroatoms. The molecule has 1 aliphatic carbocycles. The molecule has 0 fully saturated rings. The highest BCUT2D eigenvalue weighted by atomic mass is 16.5. The van der Waals surface area contributed by atoms with E-state index in [2.05, 4.69) is 19.1 Å². The van der Waals surface area contributed by atoms with Gasteiger partial charge in [-0.3, -0.25) is 9.59 Å². The molecule has 0 aliphatic heterocycles. The van der Waals surface area contributed by atoms with E-state index >= 15 is 0 Å². The molecule has 0 saturated heterocycles. The van der Waals surface area contributed by atoms with Crippen molar-refractivity contribution in [1.82, 2.24) is 0 Å². The summed E-state index contributed by atoms with van der Waals surface area (Å²) < 4.78 is 11.9. The predicted molar refractivity (Wildman–Crippen MR) is 121 cm³/mol. The number of Topliss-reactive ketones (excluding diaryl/α,β-unsaturated/α-hetero) is 1. The molecule has 0 heterocycles. The van der Waals surface area contributed by atoms with Gasteiger partial charge in [0.2, 0.25) is 0 Å². The molecule has 0 spiro atoms. The van der Waals surface area contributed by atoms with Crippen molar-refractivity contribution in [2.24, 2.45) is 11.3 Å². The smallest absolute Gasteiger partial charge is 0.316 e. The van der Waals surface area contributed by atoms with Gasteiger partial charge in [0, 0.05) is 19.4 Å². The summed E-state index contributed by atoms with van der Waals surface area (Å²) in [6, 6.07) is 4.16. The van der Waals surface area contributed by atoms with Crippen molar-refractivity contribution < 1.29 is 19.1 Å². The standard InChI is InChI=1S/C26H38O4/c1-9-10-11-29-19(5)20-14-21(27)24(22(15-20)30-25(28)26(6,7)8)23-17(3)12-16(2)13-18(23)4/h12-13,19-20H,9-11,14-15H2,1-8H3. The number of hydrogen-bond acceptors (Lipinski definition) is 4. The second-order valence-corrected chi connectivity index (χ2v) is 9.73. The maximum absolute atomic E-state index is 13.4. The third kappa shape index (κ3) is 5.81. The highest BCUT2D eigenvalue weighted by Gasteiger charge is 2.36. The first-order chi connectivity index (χ1) is 14.0. The average Bonchev–Trinajstić information content (AvgIpc) is 2.62. The van der Waals surface area contributed by atoms with Crippen LogP contribution in [0.5, 0.6) is 0 Å². The van der Waals surface area contributed by atoms with E-state index in [9.17, 15) is 9.59 Å². The number of ether oxygens (including phenoxy) is 2. The summed E-state index contributed by atoms with van der Waals surface area (Å²) in [5, 5.41) is 0. The van der Waals surface area contributed by atoms with Crippen LogP contribution in [0, 0.1) is 32.1 Å². The quantitative estimate of drug-likeness (QED) is 0.400. The molecule has 0 radical (unpaired) electrons. The fraction of sp³-hybridized carbons (Fsp3) is 0.615. The van der Waals surface area contributed by atoms with E-state index in [-0.39, 0.29) is 23.8 Å². The Bertz CT molecular complexity index is 803. The summed E-state index contributed by atoms with van der Waals surface area (Å²) in [6.07, 6.45) is 2.95. The van der Waals surface area contributed by atoms with Crippen LogP contribution in [-0.2, 0) is 19.1 Å². The summed E-state index contributed by atoms with van der Waals surface area (Å²) in [5.41, 5.74) is 4.05. The van der Waals surface area contributed by atoms with Crippen molar-refractivity contribution >= 4 is 17.3 Å². The lowest BCUT2D eigenvalue weighted by Crippen LogP contribution is -2.32. The second-order valence-electron chi connectivity index (χ2n) is 9.73. The molecule has 0 bridgehead atoms. The van der Waals surface area contributed by atoms with Crippen LogP contribution < -0.4 is 0 Å². The Balaban J connectivity index is 2.48. The van der Waals surface area contributed by atoms with Crippen LogP contribution in [-0.4, -0.2) is 24.5 Å². The first-order valence-electron chi connectivity index (χ1n) is 11.1. The van der Waals surface area contributed by atoms with E-state index in [0.29, 0.717) is 30.8 Å². The van der Waals surface area contributed by atoms with E-state index in [1.807, 2.05) is 48.5 Å². The minimum Gasteiger partial charge on any atom is -0.430 e. The maximum atomic E-state index is 13.4. The van der Waals surface area contributed by atoms with Crippen LogP contribution in [0.25, 0.3) is 5.57 Å². The number of unbranched alkanes of at least 4 members (excludes halogenated alkanes) is 1. The van der Waals surface area contributed by atoms with Gasteiger partial charge in [-0.05, 0) is 77.5 Å². The van der Waals surface area contributed by atoms with Gasteiger partial charge in [-0.25, -0.2) is 0 Å². The van der Waals surface area contributed by atoms with Gasteiger partial charge in [-0.2, -0.15) is 0 Å². The summed E-state index contributed by atoms with van der Waals surface area (Å²) in [4.78, 5) is 26.1. The number of hydrogen-bond donors (Lipinski definition) is 0. The predicted octanol–water partition coefficient (Wildman–Crippen LogP) is 6.10. The molecule has 0 amide bonds. The van der Waals surface area contributed by atoms with Crippen molar-refractivity contribution in [2.45, 2.75) is 87.2 Å². The van der Waals surface area contributed by atoms with E-state index in [1.165, 1.54) is 0 Å². The van der Waals surface area contributed by atoms with Crippen molar-refractivity contribution in [1.29, 1.82) is 0 Å². The van der Waals surface area contributed by atoms with E-state index < -0.39 is 5.41 Å². The first-order valence-corrected chi connectivity index (χ1v) is 11.1. The average molecular weight is 415 g/mol. The summed E-state index contributed by atoms with van der Waals surface area (Å²) >= 11 is 0. The fourth-order valence-electron chi connectivity index (χ4n) is 4.00. The number of aryl methyl sites for hydroxylation is 3. The van der Waals surface area contributed by atoms with Gasteiger partial charge in [0.25, 0.3) is 0 Å². The van der Waals surface area contributed by atoms with Crippen LogP contribution in [0.2, 0.25) is 0 Å². The van der Waals surface area contributed by atoms with Crippen molar-refractivity contribution in [2.75, 3.05) is 6.61 Å². The van der Waals surface area contributed by atoms with Crippen LogP contribution >= 0.6 is 0 Å². The van der Waals surface area contributed by atoms with Crippen molar-refractivity contribution in [3.8, 4) is 0 Å². The molecule has 1 aromatic carbocycles. The lowest BCUT2D eigenvalue weighted by molar-refractivity contribution is -0.149. The zero-order valence-electron chi connectivity index (χ0n) is 20.0. The van der Waals surface area contributed by atoms with E-state index in [1.54, 1.807) is 0 Å². The number of esters is 1. The van der Waals surface area contributed by atoms with Gasteiger partial charge >= 0.3 is 5.97 Å². The molecule has 2 rings (SSSR count). The van der Waals surface area contributed by atoms with Crippen LogP contribution in [0.15, 0.2) is 17.9 Å². The lowest BCUT2D eigenvalue weighted by Gasteiger charge is -2.32. The Labute approximate surface area is 182 Å². The monoisotopic (exact) mass is 414 g/mol. The fourth-order valence-corrected chi connectivity index (χ4v) is 4.00. The number of benzene rings is 1. The van der Waals surface area contributed by atoms with Gasteiger partial charge in [0.15, 0.2) is 5.78 Å². The largest absolute Gasteiger partial charge is 0.430 e. The first kappa shape index (κ1) is 24.3. The molecule has 0 saturated carbocycles. The molecule has 2 atom stereocenters. The zero-order valence-corrected chi connectivity index (χ0v) is 20.0. The maximum Gasteiger partial charge on any atom is 0.316 e. The Morgan fingerprint density at radius 2 is 1.73 bits per heavy atom. The number of carbonyl (C=O) groups is 2. The topological polar surface area (TPSA) is 52.6 Å². The summed E-state index contributed by atoms with van der Waals surface area (Å²) in [5.74, 6) is 0.221. The zero-order chi connectivity index (χ0) is 22.6. The molecule has 1 aliphatic rings. The molecule has 0 aromatic heterocycles. The Kier molecular flexibility index (Phi) is 8.04. The highest BCUT2D eigenvalue weighted by Crippen LogP contribution is 2.39. The van der Waals surface area contributed by atoms with Gasteiger partial charge in [-0.15, -0.1) is 0 Å². The molecule has 166 valence electrons. The molecule has 4 nitrogen and oxygen atoms in total. The van der Waals surface area contributed by atoms with Crippen LogP contribution in [0.3, 0.4) is 0 Å². The van der Waals surface area contributed by atoms with Gasteiger partial charge in [0.05, 0.1) is 17.1 Å². The minimum absolute atomic E-state index is 0.00642. The van der Waals surface area contributed by atoms with Crippen molar-refractivity contribution in [3.05, 3.63) is 40.1 Å². The Morgan fingerprint density at radius 3 is 2.27 bits per heavy atom.